The number of hydrogen-bond donors (Lipinski definition) is 5. The van der Waals surface area contributed by atoms with E-state index in [2.05, 4.69) is 25.9 Å². The van der Waals surface area contributed by atoms with Gasteiger partial charge < -0.3 is 26.7 Å². The molecule has 0 aliphatic heterocycles. The van der Waals surface area contributed by atoms with E-state index < -0.39 is 23.1 Å². The molecule has 0 aliphatic rings. The maximum Gasteiger partial charge on any atom is 0.416 e. The van der Waals surface area contributed by atoms with Crippen LogP contribution in [0.1, 0.15) is 31.2 Å². The fourth-order valence-electron chi connectivity index (χ4n) is 3.66. The monoisotopic (exact) mass is 508 g/mol. The number of fused-ring (bicyclic) bond motifs is 1. The predicted molar refractivity (Wildman–Crippen MR) is 135 cm³/mol. The molecule has 2 aromatic carbocycles. The van der Waals surface area contributed by atoms with Crippen LogP contribution in [0.4, 0.5) is 23.2 Å². The van der Waals surface area contributed by atoms with E-state index >= 15 is 0 Å². The molecule has 0 atom stereocenters. The summed E-state index contributed by atoms with van der Waals surface area (Å²) in [5.41, 5.74) is 4.85. The van der Waals surface area contributed by atoms with Crippen molar-refractivity contribution in [3.63, 3.8) is 0 Å². The minimum Gasteiger partial charge on any atom is -0.383 e. The summed E-state index contributed by atoms with van der Waals surface area (Å²) in [6.07, 6.45) is -0.567. The van der Waals surface area contributed by atoms with Gasteiger partial charge in [-0.25, -0.2) is 9.37 Å². The first-order valence-corrected chi connectivity index (χ1v) is 12.1. The van der Waals surface area contributed by atoms with Gasteiger partial charge in [0.25, 0.3) is 5.56 Å². The van der Waals surface area contributed by atoms with Crippen molar-refractivity contribution in [1.82, 2.24) is 20.6 Å². The molecule has 36 heavy (non-hydrogen) atoms. The lowest BCUT2D eigenvalue weighted by molar-refractivity contribution is -0.137. The molecular weight excluding hydrogens is 476 g/mol. The number of nitrogens with zero attached hydrogens (tertiary/aromatic N) is 1. The Labute approximate surface area is 206 Å². The number of nitrogens with two attached hydrogens (primary N) is 1. The van der Waals surface area contributed by atoms with E-state index in [9.17, 15) is 22.4 Å². The molecule has 0 amide bonds. The summed E-state index contributed by atoms with van der Waals surface area (Å²) < 4.78 is 53.0. The zero-order chi connectivity index (χ0) is 26.0. The Kier molecular flexibility index (Phi) is 10.2. The van der Waals surface area contributed by atoms with Gasteiger partial charge in [0, 0.05) is 12.1 Å². The van der Waals surface area contributed by atoms with Crippen LogP contribution in [-0.2, 0) is 6.18 Å². The molecule has 0 unspecified atom stereocenters. The van der Waals surface area contributed by atoms with Crippen LogP contribution in [0.2, 0.25) is 0 Å². The van der Waals surface area contributed by atoms with E-state index in [-0.39, 0.29) is 22.4 Å². The number of unbranched alkanes of at least 4 members (excludes halogenated alkanes) is 1. The molecule has 11 heteroatoms. The number of anilines is 1. The minimum absolute atomic E-state index is 0.0629. The zero-order valence-electron chi connectivity index (χ0n) is 20.0. The van der Waals surface area contributed by atoms with Crippen molar-refractivity contribution >= 4 is 16.6 Å². The maximum absolute atomic E-state index is 14.5. The van der Waals surface area contributed by atoms with Crippen LogP contribution >= 0.6 is 0 Å². The van der Waals surface area contributed by atoms with Crippen molar-refractivity contribution < 1.29 is 17.6 Å². The number of alkyl halides is 3. The van der Waals surface area contributed by atoms with Gasteiger partial charge in [0.1, 0.15) is 11.6 Å². The number of H-pyrrole nitrogens is 1. The van der Waals surface area contributed by atoms with Crippen molar-refractivity contribution in [2.75, 3.05) is 44.6 Å². The Morgan fingerprint density at radius 2 is 1.53 bits per heavy atom. The standard InChI is InChI=1S/C25H32F4N6O/c26-20-15-19-21(16-22(20)33-14-4-13-32-11-2-1-10-31-12-3-9-30)34-23(35-24(19)36)17-5-7-18(8-6-17)25(27,28)29/h5-8,15-16,31-33H,1-4,9-14,30H2,(H,34,35,36). The van der Waals surface area contributed by atoms with Gasteiger partial charge in [0.05, 0.1) is 22.2 Å². The SMILES string of the molecule is NCCCNCCCCNCCCNc1cc2nc(-c3ccc(C(F)(F)F)cc3)[nH]c(=O)c2cc1F. The third-order valence-electron chi connectivity index (χ3n) is 5.64. The molecule has 7 nitrogen and oxygen atoms in total. The molecule has 196 valence electrons. The van der Waals surface area contributed by atoms with Gasteiger partial charge >= 0.3 is 6.18 Å². The minimum atomic E-state index is -4.46. The maximum atomic E-state index is 14.5. The molecule has 0 saturated heterocycles. The topological polar surface area (TPSA) is 108 Å². The Bertz CT molecular complexity index is 1160. The Morgan fingerprint density at radius 3 is 2.17 bits per heavy atom. The lowest BCUT2D eigenvalue weighted by atomic mass is 10.1. The number of benzene rings is 2. The third kappa shape index (κ3) is 8.00. The third-order valence-corrected chi connectivity index (χ3v) is 5.64. The smallest absolute Gasteiger partial charge is 0.383 e. The fourth-order valence-corrected chi connectivity index (χ4v) is 3.66. The van der Waals surface area contributed by atoms with E-state index in [1.807, 2.05) is 0 Å². The number of aromatic nitrogens is 2. The number of nitrogens with one attached hydrogen (secondary N) is 4. The van der Waals surface area contributed by atoms with E-state index in [0.717, 1.165) is 70.1 Å². The first kappa shape index (κ1) is 27.6. The van der Waals surface area contributed by atoms with Gasteiger partial charge in [0.2, 0.25) is 0 Å². The molecule has 1 aromatic heterocycles. The molecule has 3 aromatic rings. The van der Waals surface area contributed by atoms with Crippen molar-refractivity contribution in [1.29, 1.82) is 0 Å². The second kappa shape index (κ2) is 13.3. The molecule has 0 saturated carbocycles. The lowest BCUT2D eigenvalue weighted by Gasteiger charge is -2.11. The number of hydrogen-bond acceptors (Lipinski definition) is 6. The van der Waals surface area contributed by atoms with Crippen LogP contribution in [0.5, 0.6) is 0 Å². The quantitative estimate of drug-likeness (QED) is 0.167. The van der Waals surface area contributed by atoms with Gasteiger partial charge in [0.15, 0.2) is 0 Å². The highest BCUT2D eigenvalue weighted by Gasteiger charge is 2.30. The van der Waals surface area contributed by atoms with Crippen LogP contribution in [0.15, 0.2) is 41.2 Å². The predicted octanol–water partition coefficient (Wildman–Crippen LogP) is 3.86. The number of aromatic amines is 1. The van der Waals surface area contributed by atoms with Gasteiger partial charge in [-0.1, -0.05) is 12.1 Å². The molecular formula is C25H32F4N6O. The summed E-state index contributed by atoms with van der Waals surface area (Å²) >= 11 is 0. The Hall–Kier alpha value is -3.02. The molecule has 0 spiro atoms. The summed E-state index contributed by atoms with van der Waals surface area (Å²) in [6.45, 7) is 4.82. The van der Waals surface area contributed by atoms with Crippen molar-refractivity contribution in [3.8, 4) is 11.4 Å². The Morgan fingerprint density at radius 1 is 0.889 bits per heavy atom. The average Bonchev–Trinajstić information content (AvgIpc) is 2.85. The summed E-state index contributed by atoms with van der Waals surface area (Å²) in [5, 5.41) is 9.78. The summed E-state index contributed by atoms with van der Waals surface area (Å²) in [4.78, 5) is 19.3. The van der Waals surface area contributed by atoms with Crippen LogP contribution in [-0.4, -0.2) is 49.2 Å². The molecule has 6 N–H and O–H groups in total. The molecule has 0 aliphatic carbocycles. The van der Waals surface area contributed by atoms with Crippen molar-refractivity contribution in [2.45, 2.75) is 31.9 Å². The summed E-state index contributed by atoms with van der Waals surface area (Å²) in [7, 11) is 0. The van der Waals surface area contributed by atoms with Crippen LogP contribution < -0.4 is 27.2 Å². The van der Waals surface area contributed by atoms with Crippen LogP contribution in [0, 0.1) is 5.82 Å². The average molecular weight is 509 g/mol. The van der Waals surface area contributed by atoms with Gasteiger partial charge in [-0.05, 0) is 82.7 Å². The largest absolute Gasteiger partial charge is 0.416 e. The van der Waals surface area contributed by atoms with Gasteiger partial charge in [-0.15, -0.1) is 0 Å². The first-order chi connectivity index (χ1) is 17.3. The highest BCUT2D eigenvalue weighted by atomic mass is 19.4. The molecule has 0 fully saturated rings. The van der Waals surface area contributed by atoms with E-state index in [0.29, 0.717) is 18.7 Å². The highest BCUT2D eigenvalue weighted by molar-refractivity contribution is 5.83. The Balaban J connectivity index is 1.53. The second-order valence-corrected chi connectivity index (χ2v) is 8.47. The van der Waals surface area contributed by atoms with Crippen molar-refractivity contribution in [2.24, 2.45) is 5.73 Å². The molecule has 0 radical (unpaired) electrons. The molecule has 3 rings (SSSR count). The molecule has 1 heterocycles. The summed E-state index contributed by atoms with van der Waals surface area (Å²) in [5.74, 6) is -0.468. The fraction of sp³-hybridized carbons (Fsp3) is 0.440. The normalized spacial score (nSPS) is 11.8. The van der Waals surface area contributed by atoms with Gasteiger partial charge in [-0.3, -0.25) is 4.79 Å². The van der Waals surface area contributed by atoms with Crippen molar-refractivity contribution in [3.05, 3.63) is 58.1 Å². The first-order valence-electron chi connectivity index (χ1n) is 12.1. The number of rotatable bonds is 14. The highest BCUT2D eigenvalue weighted by Crippen LogP contribution is 2.30. The second-order valence-electron chi connectivity index (χ2n) is 8.47. The van der Waals surface area contributed by atoms with Gasteiger partial charge in [-0.2, -0.15) is 13.2 Å². The van der Waals surface area contributed by atoms with E-state index in [4.69, 9.17) is 5.73 Å². The van der Waals surface area contributed by atoms with Crippen LogP contribution in [0.25, 0.3) is 22.3 Å². The lowest BCUT2D eigenvalue weighted by Crippen LogP contribution is -2.22. The molecule has 0 bridgehead atoms. The number of halogens is 4. The van der Waals surface area contributed by atoms with Crippen LogP contribution in [0.3, 0.4) is 0 Å². The summed E-state index contributed by atoms with van der Waals surface area (Å²) in [6, 6.07) is 6.87. The zero-order valence-corrected chi connectivity index (χ0v) is 20.0. The van der Waals surface area contributed by atoms with E-state index in [1.165, 1.54) is 18.2 Å². The van der Waals surface area contributed by atoms with E-state index in [1.54, 1.807) is 0 Å².